The predicted octanol–water partition coefficient (Wildman–Crippen LogP) is 2.16. The first-order chi connectivity index (χ1) is 8.33. The first-order valence-corrected chi connectivity index (χ1v) is 6.34. The van der Waals surface area contributed by atoms with Crippen LogP contribution in [0.15, 0.2) is 24.3 Å². The summed E-state index contributed by atoms with van der Waals surface area (Å²) < 4.78 is 10.7. The SMILES string of the molecule is CCOc1cccc(C(CN)CC2COC2)c1. The molecule has 1 aliphatic rings. The van der Waals surface area contributed by atoms with Crippen LogP contribution in [0.25, 0.3) is 0 Å². The van der Waals surface area contributed by atoms with Gasteiger partial charge in [0.15, 0.2) is 0 Å². The number of rotatable bonds is 6. The standard InChI is InChI=1S/C14H21NO2/c1-2-17-14-5-3-4-12(7-14)13(8-15)6-11-9-16-10-11/h3-5,7,11,13H,2,6,8-10,15H2,1H3. The van der Waals surface area contributed by atoms with Crippen molar-refractivity contribution in [3.05, 3.63) is 29.8 Å². The number of hydrogen-bond acceptors (Lipinski definition) is 3. The van der Waals surface area contributed by atoms with Gasteiger partial charge in [-0.2, -0.15) is 0 Å². The first kappa shape index (κ1) is 12.4. The molecule has 1 heterocycles. The summed E-state index contributed by atoms with van der Waals surface area (Å²) >= 11 is 0. The summed E-state index contributed by atoms with van der Waals surface area (Å²) in [6, 6.07) is 8.29. The highest BCUT2D eigenvalue weighted by Crippen LogP contribution is 2.28. The Kier molecular flexibility index (Phi) is 4.40. The maximum absolute atomic E-state index is 5.87. The molecule has 0 aromatic heterocycles. The monoisotopic (exact) mass is 235 g/mol. The summed E-state index contributed by atoms with van der Waals surface area (Å²) in [7, 11) is 0. The van der Waals surface area contributed by atoms with Crippen LogP contribution in [0.5, 0.6) is 5.75 Å². The van der Waals surface area contributed by atoms with Crippen molar-refractivity contribution in [3.63, 3.8) is 0 Å². The highest BCUT2D eigenvalue weighted by molar-refractivity contribution is 5.31. The van der Waals surface area contributed by atoms with Gasteiger partial charge in [-0.05, 0) is 43.5 Å². The minimum Gasteiger partial charge on any atom is -0.494 e. The zero-order valence-corrected chi connectivity index (χ0v) is 10.4. The van der Waals surface area contributed by atoms with Gasteiger partial charge in [-0.25, -0.2) is 0 Å². The van der Waals surface area contributed by atoms with Crippen molar-refractivity contribution < 1.29 is 9.47 Å². The fraction of sp³-hybridized carbons (Fsp3) is 0.571. The van der Waals surface area contributed by atoms with E-state index in [2.05, 4.69) is 12.1 Å². The molecule has 1 aliphatic heterocycles. The molecule has 3 heteroatoms. The number of benzene rings is 1. The summed E-state index contributed by atoms with van der Waals surface area (Å²) in [4.78, 5) is 0. The van der Waals surface area contributed by atoms with Crippen molar-refractivity contribution in [2.75, 3.05) is 26.4 Å². The Morgan fingerprint density at radius 1 is 1.47 bits per heavy atom. The molecule has 17 heavy (non-hydrogen) atoms. The zero-order valence-electron chi connectivity index (χ0n) is 10.4. The van der Waals surface area contributed by atoms with E-state index in [-0.39, 0.29) is 0 Å². The Hall–Kier alpha value is -1.06. The second-order valence-corrected chi connectivity index (χ2v) is 4.58. The molecule has 94 valence electrons. The van der Waals surface area contributed by atoms with E-state index in [9.17, 15) is 0 Å². The van der Waals surface area contributed by atoms with E-state index < -0.39 is 0 Å². The van der Waals surface area contributed by atoms with Crippen LogP contribution in [0.4, 0.5) is 0 Å². The molecule has 1 unspecified atom stereocenters. The van der Waals surface area contributed by atoms with E-state index in [0.29, 0.717) is 25.0 Å². The van der Waals surface area contributed by atoms with Crippen LogP contribution in [0, 0.1) is 5.92 Å². The van der Waals surface area contributed by atoms with Crippen LogP contribution in [-0.4, -0.2) is 26.4 Å². The summed E-state index contributed by atoms with van der Waals surface area (Å²) in [6.45, 7) is 5.17. The molecule has 0 bridgehead atoms. The lowest BCUT2D eigenvalue weighted by atomic mass is 9.88. The van der Waals surface area contributed by atoms with Gasteiger partial charge in [0, 0.05) is 5.92 Å². The van der Waals surface area contributed by atoms with Gasteiger partial charge >= 0.3 is 0 Å². The topological polar surface area (TPSA) is 44.5 Å². The maximum atomic E-state index is 5.87. The number of hydrogen-bond donors (Lipinski definition) is 1. The third-order valence-corrected chi connectivity index (χ3v) is 3.25. The number of ether oxygens (including phenoxy) is 2. The van der Waals surface area contributed by atoms with Crippen LogP contribution < -0.4 is 10.5 Å². The van der Waals surface area contributed by atoms with Gasteiger partial charge < -0.3 is 15.2 Å². The smallest absolute Gasteiger partial charge is 0.119 e. The van der Waals surface area contributed by atoms with Crippen LogP contribution in [-0.2, 0) is 4.74 Å². The summed E-state index contributed by atoms with van der Waals surface area (Å²) in [5, 5.41) is 0. The molecule has 1 aromatic carbocycles. The second kappa shape index (κ2) is 6.03. The van der Waals surface area contributed by atoms with Crippen molar-refractivity contribution in [2.24, 2.45) is 11.7 Å². The van der Waals surface area contributed by atoms with Gasteiger partial charge in [-0.3, -0.25) is 0 Å². The van der Waals surface area contributed by atoms with E-state index >= 15 is 0 Å². The third-order valence-electron chi connectivity index (χ3n) is 3.25. The molecule has 3 nitrogen and oxygen atoms in total. The molecule has 1 atom stereocenters. The van der Waals surface area contributed by atoms with Gasteiger partial charge in [-0.1, -0.05) is 12.1 Å². The third kappa shape index (κ3) is 3.20. The number of nitrogens with two attached hydrogens (primary N) is 1. The van der Waals surface area contributed by atoms with E-state index in [0.717, 1.165) is 25.4 Å². The lowest BCUT2D eigenvalue weighted by Crippen LogP contribution is -2.30. The highest BCUT2D eigenvalue weighted by atomic mass is 16.5. The highest BCUT2D eigenvalue weighted by Gasteiger charge is 2.23. The van der Waals surface area contributed by atoms with E-state index in [1.807, 2.05) is 19.1 Å². The van der Waals surface area contributed by atoms with Gasteiger partial charge in [0.2, 0.25) is 0 Å². The predicted molar refractivity (Wildman–Crippen MR) is 68.3 cm³/mol. The van der Waals surface area contributed by atoms with Crippen molar-refractivity contribution in [1.82, 2.24) is 0 Å². The molecule has 0 spiro atoms. The molecule has 1 fully saturated rings. The van der Waals surface area contributed by atoms with E-state index in [1.54, 1.807) is 0 Å². The molecule has 0 radical (unpaired) electrons. The Bertz CT molecular complexity index is 350. The Morgan fingerprint density at radius 3 is 2.88 bits per heavy atom. The van der Waals surface area contributed by atoms with Crippen molar-refractivity contribution in [1.29, 1.82) is 0 Å². The molecular formula is C14H21NO2. The summed E-state index contributed by atoms with van der Waals surface area (Å²) in [6.07, 6.45) is 1.12. The molecule has 0 amide bonds. The Balaban J connectivity index is 2.03. The van der Waals surface area contributed by atoms with E-state index in [4.69, 9.17) is 15.2 Å². The average molecular weight is 235 g/mol. The Morgan fingerprint density at radius 2 is 2.29 bits per heavy atom. The molecular weight excluding hydrogens is 214 g/mol. The summed E-state index contributed by atoms with van der Waals surface area (Å²) in [5.74, 6) is 2.04. The minimum absolute atomic E-state index is 0.421. The van der Waals surface area contributed by atoms with Crippen LogP contribution >= 0.6 is 0 Å². The molecule has 1 aromatic rings. The van der Waals surface area contributed by atoms with Crippen LogP contribution in [0.2, 0.25) is 0 Å². The normalized spacial score (nSPS) is 17.5. The van der Waals surface area contributed by atoms with Crippen LogP contribution in [0.3, 0.4) is 0 Å². The molecule has 0 aliphatic carbocycles. The van der Waals surface area contributed by atoms with Crippen molar-refractivity contribution in [2.45, 2.75) is 19.3 Å². The minimum atomic E-state index is 0.421. The lowest BCUT2D eigenvalue weighted by Gasteiger charge is -2.29. The van der Waals surface area contributed by atoms with E-state index in [1.165, 1.54) is 5.56 Å². The average Bonchev–Trinajstić information content (AvgIpc) is 2.29. The largest absolute Gasteiger partial charge is 0.494 e. The fourth-order valence-electron chi connectivity index (χ4n) is 2.22. The lowest BCUT2D eigenvalue weighted by molar-refractivity contribution is -0.0382. The van der Waals surface area contributed by atoms with Gasteiger partial charge in [-0.15, -0.1) is 0 Å². The Labute approximate surface area is 103 Å². The van der Waals surface area contributed by atoms with Crippen molar-refractivity contribution >= 4 is 0 Å². The molecule has 1 saturated heterocycles. The van der Waals surface area contributed by atoms with Gasteiger partial charge in [0.1, 0.15) is 5.75 Å². The maximum Gasteiger partial charge on any atom is 0.119 e. The molecule has 2 rings (SSSR count). The van der Waals surface area contributed by atoms with Gasteiger partial charge in [0.25, 0.3) is 0 Å². The quantitative estimate of drug-likeness (QED) is 0.821. The fourth-order valence-corrected chi connectivity index (χ4v) is 2.22. The zero-order chi connectivity index (χ0) is 12.1. The van der Waals surface area contributed by atoms with Crippen molar-refractivity contribution in [3.8, 4) is 5.75 Å². The van der Waals surface area contributed by atoms with Crippen LogP contribution in [0.1, 0.15) is 24.8 Å². The molecule has 2 N–H and O–H groups in total. The van der Waals surface area contributed by atoms with Gasteiger partial charge in [0.05, 0.1) is 19.8 Å². The second-order valence-electron chi connectivity index (χ2n) is 4.58. The molecule has 0 saturated carbocycles. The summed E-state index contributed by atoms with van der Waals surface area (Å²) in [5.41, 5.74) is 7.16. The first-order valence-electron chi connectivity index (χ1n) is 6.34.